The van der Waals surface area contributed by atoms with E-state index in [1.807, 2.05) is 0 Å². The molecule has 1 rings (SSSR count). The molecule has 0 aliphatic carbocycles. The van der Waals surface area contributed by atoms with E-state index >= 15 is 0 Å². The minimum Gasteiger partial charge on any atom is -0.207 e. The Morgan fingerprint density at radius 1 is 0.941 bits per heavy atom. The predicted octanol–water partition coefficient (Wildman–Crippen LogP) is 1.78. The van der Waals surface area contributed by atoms with Crippen molar-refractivity contribution >= 4 is 22.7 Å². The molecule has 1 aromatic carbocycles. The monoisotopic (exact) mass is 289 g/mol. The Labute approximate surface area is 100 Å². The van der Waals surface area contributed by atoms with Crippen LogP contribution in [0.5, 0.6) is 0 Å². The Hall–Kier alpha value is -0.800. The van der Waals surface area contributed by atoms with E-state index in [4.69, 9.17) is 0 Å². The molecule has 0 radical (unpaired) electrons. The molecule has 3 nitrogen and oxygen atoms in total. The van der Waals surface area contributed by atoms with Crippen LogP contribution in [0.15, 0.2) is 9.79 Å². The number of halogens is 4. The molecule has 0 bridgehead atoms. The van der Waals surface area contributed by atoms with Gasteiger partial charge in [-0.15, -0.1) is 12.6 Å². The Kier molecular flexibility index (Phi) is 3.75. The fraction of sp³-hybridized carbons (Fsp3) is 0.250. The third-order valence-corrected chi connectivity index (χ3v) is 4.37. The zero-order chi connectivity index (χ0) is 13.5. The smallest absolute Gasteiger partial charge is 0.207 e. The largest absolute Gasteiger partial charge is 0.246 e. The van der Waals surface area contributed by atoms with E-state index in [0.717, 1.165) is 14.1 Å². The van der Waals surface area contributed by atoms with Crippen LogP contribution in [0.2, 0.25) is 0 Å². The van der Waals surface area contributed by atoms with Gasteiger partial charge in [0.1, 0.15) is 4.90 Å². The number of nitrogens with zero attached hydrogens (tertiary/aromatic N) is 1. The Morgan fingerprint density at radius 2 is 1.35 bits per heavy atom. The summed E-state index contributed by atoms with van der Waals surface area (Å²) in [6, 6.07) is 0. The van der Waals surface area contributed by atoms with Crippen LogP contribution in [0, 0.1) is 23.3 Å². The summed E-state index contributed by atoms with van der Waals surface area (Å²) in [4.78, 5) is -2.43. The second kappa shape index (κ2) is 4.46. The predicted molar refractivity (Wildman–Crippen MR) is 54.4 cm³/mol. The van der Waals surface area contributed by atoms with Crippen LogP contribution >= 0.6 is 12.6 Å². The fourth-order valence-corrected chi connectivity index (χ4v) is 2.58. The number of hydrogen-bond donors (Lipinski definition) is 1. The standard InChI is InChI=1S/C8H7F4NO2S2/c1-13(2)17(14,15)8-6(12)4(10)3(9)5(11)7(8)16/h16H,1-2H3. The topological polar surface area (TPSA) is 37.4 Å². The summed E-state index contributed by atoms with van der Waals surface area (Å²) in [5.74, 6) is -8.15. The summed E-state index contributed by atoms with van der Waals surface area (Å²) in [5, 5.41) is 0. The maximum absolute atomic E-state index is 13.3. The van der Waals surface area contributed by atoms with Crippen molar-refractivity contribution in [1.82, 2.24) is 4.31 Å². The average Bonchev–Trinajstić information content (AvgIpc) is 2.23. The van der Waals surface area contributed by atoms with Crippen molar-refractivity contribution in [1.29, 1.82) is 0 Å². The molecule has 0 fully saturated rings. The average molecular weight is 289 g/mol. The number of hydrogen-bond acceptors (Lipinski definition) is 3. The minimum atomic E-state index is -4.46. The zero-order valence-corrected chi connectivity index (χ0v) is 10.3. The summed E-state index contributed by atoms with van der Waals surface area (Å²) >= 11 is 3.36. The van der Waals surface area contributed by atoms with Gasteiger partial charge in [-0.25, -0.2) is 30.3 Å². The van der Waals surface area contributed by atoms with Crippen molar-refractivity contribution in [3.05, 3.63) is 23.3 Å². The van der Waals surface area contributed by atoms with Crippen molar-refractivity contribution in [2.24, 2.45) is 0 Å². The molecule has 0 unspecified atom stereocenters. The highest BCUT2D eigenvalue weighted by Crippen LogP contribution is 2.31. The van der Waals surface area contributed by atoms with E-state index in [0.29, 0.717) is 4.31 Å². The normalized spacial score (nSPS) is 12.2. The second-order valence-electron chi connectivity index (χ2n) is 3.22. The highest BCUT2D eigenvalue weighted by molar-refractivity contribution is 7.90. The molecule has 17 heavy (non-hydrogen) atoms. The number of sulfonamides is 1. The van der Waals surface area contributed by atoms with Gasteiger partial charge >= 0.3 is 0 Å². The van der Waals surface area contributed by atoms with E-state index in [9.17, 15) is 26.0 Å². The van der Waals surface area contributed by atoms with Crippen LogP contribution in [0.1, 0.15) is 0 Å². The zero-order valence-electron chi connectivity index (χ0n) is 8.63. The van der Waals surface area contributed by atoms with Gasteiger partial charge in [0.25, 0.3) is 0 Å². The van der Waals surface area contributed by atoms with Gasteiger partial charge in [0.05, 0.1) is 4.90 Å². The van der Waals surface area contributed by atoms with E-state index in [-0.39, 0.29) is 0 Å². The first kappa shape index (κ1) is 14.3. The molecule has 0 saturated carbocycles. The quantitative estimate of drug-likeness (QED) is 0.390. The van der Waals surface area contributed by atoms with Gasteiger partial charge in [-0.05, 0) is 0 Å². The van der Waals surface area contributed by atoms with Crippen molar-refractivity contribution in [3.8, 4) is 0 Å². The molecular formula is C8H7F4NO2S2. The molecular weight excluding hydrogens is 282 g/mol. The molecule has 0 heterocycles. The lowest BCUT2D eigenvalue weighted by atomic mass is 10.3. The highest BCUT2D eigenvalue weighted by atomic mass is 32.2. The first-order valence-corrected chi connectivity index (χ1v) is 5.98. The van der Waals surface area contributed by atoms with Crippen LogP contribution in [-0.2, 0) is 10.0 Å². The van der Waals surface area contributed by atoms with Crippen LogP contribution < -0.4 is 0 Å². The third-order valence-electron chi connectivity index (χ3n) is 1.94. The number of thiol groups is 1. The summed E-state index contributed by atoms with van der Waals surface area (Å²) in [6.07, 6.45) is 0. The molecule has 0 aromatic heterocycles. The summed E-state index contributed by atoms with van der Waals surface area (Å²) in [5.41, 5.74) is 0. The van der Waals surface area contributed by atoms with Crippen molar-refractivity contribution < 1.29 is 26.0 Å². The van der Waals surface area contributed by atoms with Crippen LogP contribution in [-0.4, -0.2) is 26.8 Å². The van der Waals surface area contributed by atoms with Crippen LogP contribution in [0.3, 0.4) is 0 Å². The summed E-state index contributed by atoms with van der Waals surface area (Å²) < 4.78 is 75.8. The van der Waals surface area contributed by atoms with Gasteiger partial charge in [-0.3, -0.25) is 0 Å². The first-order valence-electron chi connectivity index (χ1n) is 4.09. The first-order chi connectivity index (χ1) is 7.62. The van der Waals surface area contributed by atoms with Gasteiger partial charge in [0, 0.05) is 14.1 Å². The van der Waals surface area contributed by atoms with E-state index in [1.165, 1.54) is 0 Å². The SMILES string of the molecule is CN(C)S(=O)(=O)c1c(F)c(F)c(F)c(F)c1S. The maximum Gasteiger partial charge on any atom is 0.246 e. The van der Waals surface area contributed by atoms with Crippen LogP contribution in [0.25, 0.3) is 0 Å². The molecule has 0 saturated heterocycles. The van der Waals surface area contributed by atoms with E-state index in [1.54, 1.807) is 0 Å². The van der Waals surface area contributed by atoms with Crippen molar-refractivity contribution in [2.75, 3.05) is 14.1 Å². The number of benzene rings is 1. The van der Waals surface area contributed by atoms with E-state index < -0.39 is 43.1 Å². The lowest BCUT2D eigenvalue weighted by Gasteiger charge is -2.14. The van der Waals surface area contributed by atoms with Gasteiger partial charge in [-0.1, -0.05) is 0 Å². The molecule has 0 aliphatic rings. The molecule has 0 N–H and O–H groups in total. The van der Waals surface area contributed by atoms with Crippen molar-refractivity contribution in [2.45, 2.75) is 9.79 Å². The Bertz CT molecular complexity index is 542. The molecule has 96 valence electrons. The van der Waals surface area contributed by atoms with Crippen LogP contribution in [0.4, 0.5) is 17.6 Å². The summed E-state index contributed by atoms with van der Waals surface area (Å²) in [6.45, 7) is 0. The van der Waals surface area contributed by atoms with E-state index in [2.05, 4.69) is 12.6 Å². The maximum atomic E-state index is 13.3. The Morgan fingerprint density at radius 3 is 1.76 bits per heavy atom. The molecule has 9 heteroatoms. The third kappa shape index (κ3) is 2.14. The van der Waals surface area contributed by atoms with Gasteiger partial charge in [0.15, 0.2) is 23.3 Å². The van der Waals surface area contributed by atoms with Gasteiger partial charge in [0.2, 0.25) is 10.0 Å². The molecule has 0 spiro atoms. The summed E-state index contributed by atoms with van der Waals surface area (Å²) in [7, 11) is -2.41. The highest BCUT2D eigenvalue weighted by Gasteiger charge is 2.32. The number of rotatable bonds is 2. The van der Waals surface area contributed by atoms with Gasteiger partial charge in [-0.2, -0.15) is 0 Å². The fourth-order valence-electron chi connectivity index (χ4n) is 1.02. The lowest BCUT2D eigenvalue weighted by Crippen LogP contribution is -2.25. The minimum absolute atomic E-state index is 0.530. The molecule has 0 amide bonds. The molecule has 0 aliphatic heterocycles. The Balaban J connectivity index is 3.80. The lowest BCUT2D eigenvalue weighted by molar-refractivity contribution is 0.379. The van der Waals surface area contributed by atoms with Gasteiger partial charge < -0.3 is 0 Å². The second-order valence-corrected chi connectivity index (χ2v) is 5.76. The molecule has 1 aromatic rings. The molecule has 0 atom stereocenters. The van der Waals surface area contributed by atoms with Crippen molar-refractivity contribution in [3.63, 3.8) is 0 Å².